The van der Waals surface area contributed by atoms with Gasteiger partial charge in [-0.2, -0.15) is 0 Å². The second-order valence-electron chi connectivity index (χ2n) is 4.22. The molecule has 0 radical (unpaired) electrons. The van der Waals surface area contributed by atoms with E-state index in [1.54, 1.807) is 29.5 Å². The van der Waals surface area contributed by atoms with Gasteiger partial charge in [-0.05, 0) is 32.0 Å². The average Bonchev–Trinajstić information content (AvgIpc) is 2.78. The first-order valence-corrected chi connectivity index (χ1v) is 7.01. The molecule has 0 bridgehead atoms. The van der Waals surface area contributed by atoms with Gasteiger partial charge in [0.05, 0.1) is 27.5 Å². The number of rotatable bonds is 4. The van der Waals surface area contributed by atoms with Crippen LogP contribution in [0.1, 0.15) is 34.0 Å². The number of nitrogens with two attached hydrogens (primary N) is 1. The zero-order chi connectivity index (χ0) is 14.0. The van der Waals surface area contributed by atoms with Gasteiger partial charge in [0.15, 0.2) is 0 Å². The molecule has 1 heterocycles. The standard InChI is InChI=1S/C13H14ClN3OS/c1-7(12-6-19-8(2)17-12)16-11-5-9(13(15)18)3-4-10(11)14/h3-7,16H,1-2H3,(H2,15,18). The Labute approximate surface area is 120 Å². The molecule has 1 amide bonds. The van der Waals surface area contributed by atoms with E-state index in [2.05, 4.69) is 10.3 Å². The number of halogens is 1. The fourth-order valence-corrected chi connectivity index (χ4v) is 2.55. The van der Waals surface area contributed by atoms with Crippen LogP contribution in [-0.2, 0) is 0 Å². The number of aryl methyl sites for hydroxylation is 1. The Hall–Kier alpha value is -1.59. The van der Waals surface area contributed by atoms with E-state index in [0.29, 0.717) is 16.3 Å². The maximum absolute atomic E-state index is 11.2. The summed E-state index contributed by atoms with van der Waals surface area (Å²) in [5.41, 5.74) is 7.31. The molecule has 2 rings (SSSR count). The van der Waals surface area contributed by atoms with Crippen LogP contribution in [0.25, 0.3) is 0 Å². The number of nitrogens with one attached hydrogen (secondary N) is 1. The van der Waals surface area contributed by atoms with Crippen LogP contribution >= 0.6 is 22.9 Å². The van der Waals surface area contributed by atoms with Crippen LogP contribution in [0, 0.1) is 6.92 Å². The summed E-state index contributed by atoms with van der Waals surface area (Å²) >= 11 is 7.70. The van der Waals surface area contributed by atoms with Gasteiger partial charge in [-0.3, -0.25) is 4.79 Å². The molecule has 0 aliphatic heterocycles. The van der Waals surface area contributed by atoms with Crippen molar-refractivity contribution in [2.75, 3.05) is 5.32 Å². The van der Waals surface area contributed by atoms with Crippen LogP contribution in [0.5, 0.6) is 0 Å². The number of hydrogen-bond donors (Lipinski definition) is 2. The van der Waals surface area contributed by atoms with Gasteiger partial charge in [0, 0.05) is 10.9 Å². The fourth-order valence-electron chi connectivity index (χ4n) is 1.68. The number of amides is 1. The van der Waals surface area contributed by atoms with E-state index in [-0.39, 0.29) is 6.04 Å². The molecule has 3 N–H and O–H groups in total. The van der Waals surface area contributed by atoms with Gasteiger partial charge in [-0.1, -0.05) is 11.6 Å². The molecule has 19 heavy (non-hydrogen) atoms. The summed E-state index contributed by atoms with van der Waals surface area (Å²) in [6, 6.07) is 4.92. The van der Waals surface area contributed by atoms with E-state index < -0.39 is 5.91 Å². The fraction of sp³-hybridized carbons (Fsp3) is 0.231. The summed E-state index contributed by atoms with van der Waals surface area (Å²) in [6.45, 7) is 3.95. The van der Waals surface area contributed by atoms with Gasteiger partial charge in [0.2, 0.25) is 5.91 Å². The third kappa shape index (κ3) is 3.24. The molecule has 1 aromatic carbocycles. The van der Waals surface area contributed by atoms with E-state index in [1.807, 2.05) is 19.2 Å². The normalized spacial score (nSPS) is 12.2. The minimum absolute atomic E-state index is 0.00516. The van der Waals surface area contributed by atoms with Crippen LogP contribution in [-0.4, -0.2) is 10.9 Å². The lowest BCUT2D eigenvalue weighted by Gasteiger charge is -2.15. The Kier molecular flexibility index (Phi) is 4.07. The van der Waals surface area contributed by atoms with Gasteiger partial charge in [-0.15, -0.1) is 11.3 Å². The highest BCUT2D eigenvalue weighted by atomic mass is 35.5. The molecule has 0 saturated carbocycles. The number of aromatic nitrogens is 1. The Morgan fingerprint density at radius 1 is 1.53 bits per heavy atom. The molecule has 0 aliphatic rings. The van der Waals surface area contributed by atoms with Crippen LogP contribution in [0.15, 0.2) is 23.6 Å². The van der Waals surface area contributed by atoms with Crippen molar-refractivity contribution >= 4 is 34.5 Å². The molecular weight excluding hydrogens is 282 g/mol. The summed E-state index contributed by atoms with van der Waals surface area (Å²) in [6.07, 6.45) is 0. The molecule has 0 saturated heterocycles. The average molecular weight is 296 g/mol. The van der Waals surface area contributed by atoms with Crippen molar-refractivity contribution < 1.29 is 4.79 Å². The van der Waals surface area contributed by atoms with Crippen molar-refractivity contribution in [3.63, 3.8) is 0 Å². The van der Waals surface area contributed by atoms with E-state index in [9.17, 15) is 4.79 Å². The van der Waals surface area contributed by atoms with Crippen molar-refractivity contribution in [2.24, 2.45) is 5.73 Å². The molecule has 1 aromatic heterocycles. The van der Waals surface area contributed by atoms with Gasteiger partial charge in [0.25, 0.3) is 0 Å². The molecular formula is C13H14ClN3OS. The lowest BCUT2D eigenvalue weighted by Crippen LogP contribution is -2.12. The van der Waals surface area contributed by atoms with Crippen molar-refractivity contribution in [2.45, 2.75) is 19.9 Å². The Morgan fingerprint density at radius 3 is 2.84 bits per heavy atom. The number of primary amides is 1. The molecule has 0 aliphatic carbocycles. The predicted octanol–water partition coefficient (Wildman–Crippen LogP) is 3.38. The van der Waals surface area contributed by atoms with Crippen molar-refractivity contribution in [3.8, 4) is 0 Å². The minimum atomic E-state index is -0.475. The summed E-state index contributed by atoms with van der Waals surface area (Å²) in [7, 11) is 0. The Morgan fingerprint density at radius 2 is 2.26 bits per heavy atom. The minimum Gasteiger partial charge on any atom is -0.376 e. The lowest BCUT2D eigenvalue weighted by atomic mass is 10.1. The number of carbonyl (C=O) groups excluding carboxylic acids is 1. The zero-order valence-corrected chi connectivity index (χ0v) is 12.2. The van der Waals surface area contributed by atoms with E-state index in [1.165, 1.54) is 0 Å². The Balaban J connectivity index is 2.22. The molecule has 0 fully saturated rings. The number of thiazole rings is 1. The van der Waals surface area contributed by atoms with Crippen LogP contribution in [0.4, 0.5) is 5.69 Å². The van der Waals surface area contributed by atoms with Crippen molar-refractivity contribution in [1.82, 2.24) is 4.98 Å². The van der Waals surface area contributed by atoms with Crippen LogP contribution < -0.4 is 11.1 Å². The summed E-state index contributed by atoms with van der Waals surface area (Å²) in [5, 5.41) is 6.80. The second kappa shape index (κ2) is 5.59. The SMILES string of the molecule is Cc1nc(C(C)Nc2cc(C(N)=O)ccc2Cl)cs1. The van der Waals surface area contributed by atoms with Gasteiger partial charge in [-0.25, -0.2) is 4.98 Å². The molecule has 6 heteroatoms. The first-order valence-electron chi connectivity index (χ1n) is 5.75. The predicted molar refractivity (Wildman–Crippen MR) is 78.9 cm³/mol. The number of anilines is 1. The monoisotopic (exact) mass is 295 g/mol. The smallest absolute Gasteiger partial charge is 0.248 e. The highest BCUT2D eigenvalue weighted by Crippen LogP contribution is 2.27. The van der Waals surface area contributed by atoms with Crippen molar-refractivity contribution in [3.05, 3.63) is 44.9 Å². The van der Waals surface area contributed by atoms with E-state index in [0.717, 1.165) is 10.7 Å². The van der Waals surface area contributed by atoms with Gasteiger partial charge < -0.3 is 11.1 Å². The second-order valence-corrected chi connectivity index (χ2v) is 5.69. The number of hydrogen-bond acceptors (Lipinski definition) is 4. The maximum Gasteiger partial charge on any atom is 0.248 e. The molecule has 100 valence electrons. The lowest BCUT2D eigenvalue weighted by molar-refractivity contribution is 0.100. The van der Waals surface area contributed by atoms with E-state index in [4.69, 9.17) is 17.3 Å². The summed E-state index contributed by atoms with van der Waals surface area (Å²) in [5.74, 6) is -0.475. The quantitative estimate of drug-likeness (QED) is 0.908. The number of carbonyl (C=O) groups is 1. The highest BCUT2D eigenvalue weighted by molar-refractivity contribution is 7.09. The van der Waals surface area contributed by atoms with Crippen LogP contribution in [0.3, 0.4) is 0 Å². The first-order chi connectivity index (χ1) is 8.97. The zero-order valence-electron chi connectivity index (χ0n) is 10.6. The first kappa shape index (κ1) is 13.8. The molecule has 2 aromatic rings. The van der Waals surface area contributed by atoms with Gasteiger partial charge in [0.1, 0.15) is 0 Å². The highest BCUT2D eigenvalue weighted by Gasteiger charge is 2.12. The molecule has 1 atom stereocenters. The van der Waals surface area contributed by atoms with E-state index >= 15 is 0 Å². The number of benzene rings is 1. The topological polar surface area (TPSA) is 68.0 Å². The molecule has 1 unspecified atom stereocenters. The molecule has 0 spiro atoms. The van der Waals surface area contributed by atoms with Crippen LogP contribution in [0.2, 0.25) is 5.02 Å². The Bertz CT molecular complexity index is 612. The van der Waals surface area contributed by atoms with Gasteiger partial charge >= 0.3 is 0 Å². The molecule has 4 nitrogen and oxygen atoms in total. The number of nitrogens with zero attached hydrogens (tertiary/aromatic N) is 1. The maximum atomic E-state index is 11.2. The summed E-state index contributed by atoms with van der Waals surface area (Å²) in [4.78, 5) is 15.6. The van der Waals surface area contributed by atoms with Crippen molar-refractivity contribution in [1.29, 1.82) is 0 Å². The summed E-state index contributed by atoms with van der Waals surface area (Å²) < 4.78 is 0. The third-order valence-corrected chi connectivity index (χ3v) is 3.82. The third-order valence-electron chi connectivity index (χ3n) is 2.70. The largest absolute Gasteiger partial charge is 0.376 e.